The molecule has 0 saturated carbocycles. The lowest BCUT2D eigenvalue weighted by Crippen LogP contribution is -2.18. The molecule has 0 spiro atoms. The van der Waals surface area contributed by atoms with Crippen molar-refractivity contribution in [1.29, 1.82) is 0 Å². The molecular formula is C18H18N2O5. The van der Waals surface area contributed by atoms with Gasteiger partial charge in [-0.25, -0.2) is 15.0 Å². The maximum absolute atomic E-state index is 12.1. The van der Waals surface area contributed by atoms with E-state index in [9.17, 15) is 9.59 Å². The van der Waals surface area contributed by atoms with E-state index in [2.05, 4.69) is 15.3 Å². The van der Waals surface area contributed by atoms with E-state index in [-0.39, 0.29) is 6.61 Å². The highest BCUT2D eigenvalue weighted by atomic mass is 16.6. The second-order valence-corrected chi connectivity index (χ2v) is 4.78. The Balaban J connectivity index is 1.91. The first-order chi connectivity index (χ1) is 12.1. The summed E-state index contributed by atoms with van der Waals surface area (Å²) in [6.07, 6.45) is 0.829. The van der Waals surface area contributed by atoms with Crippen LogP contribution in [0.15, 0.2) is 53.6 Å². The Hall–Kier alpha value is -3.35. The zero-order chi connectivity index (χ0) is 18.1. The van der Waals surface area contributed by atoms with Gasteiger partial charge in [0, 0.05) is 0 Å². The van der Waals surface area contributed by atoms with Gasteiger partial charge in [-0.15, -0.1) is 0 Å². The molecule has 0 aliphatic heterocycles. The van der Waals surface area contributed by atoms with Gasteiger partial charge in [0.1, 0.15) is 11.5 Å². The largest absolute Gasteiger partial charge is 0.497 e. The molecule has 0 aromatic heterocycles. The average molecular weight is 342 g/mol. The summed E-state index contributed by atoms with van der Waals surface area (Å²) in [6, 6.07) is 13.3. The molecule has 0 bridgehead atoms. The summed E-state index contributed by atoms with van der Waals surface area (Å²) in [4.78, 5) is 23.1. The molecule has 1 amide bonds. The predicted molar refractivity (Wildman–Crippen MR) is 92.1 cm³/mol. The summed E-state index contributed by atoms with van der Waals surface area (Å²) < 4.78 is 15.0. The number of esters is 1. The summed E-state index contributed by atoms with van der Waals surface area (Å²) in [7, 11) is 1.56. The lowest BCUT2D eigenvalue weighted by Gasteiger charge is -2.05. The van der Waals surface area contributed by atoms with Crippen LogP contribution in [0, 0.1) is 0 Å². The van der Waals surface area contributed by atoms with Crippen LogP contribution in [0.4, 0.5) is 4.79 Å². The molecule has 0 heterocycles. The Kier molecular flexibility index (Phi) is 6.53. The number of rotatable bonds is 6. The lowest BCUT2D eigenvalue weighted by molar-refractivity contribution is 0.0734. The Morgan fingerprint density at radius 1 is 1.04 bits per heavy atom. The number of hydrogen-bond acceptors (Lipinski definition) is 6. The van der Waals surface area contributed by atoms with Crippen LogP contribution in [0.1, 0.15) is 22.8 Å². The fourth-order valence-corrected chi connectivity index (χ4v) is 1.84. The van der Waals surface area contributed by atoms with Crippen LogP contribution in [0.5, 0.6) is 11.5 Å². The highest BCUT2D eigenvalue weighted by molar-refractivity contribution is 5.91. The maximum Gasteiger partial charge on any atom is 0.427 e. The van der Waals surface area contributed by atoms with Crippen molar-refractivity contribution >= 4 is 18.3 Å². The third-order valence-corrected chi connectivity index (χ3v) is 3.06. The number of ether oxygens (including phenoxy) is 3. The molecule has 0 aliphatic rings. The van der Waals surface area contributed by atoms with Crippen LogP contribution in [0.25, 0.3) is 0 Å². The van der Waals surface area contributed by atoms with Crippen LogP contribution >= 0.6 is 0 Å². The molecule has 7 heteroatoms. The fourth-order valence-electron chi connectivity index (χ4n) is 1.84. The highest BCUT2D eigenvalue weighted by Gasteiger charge is 2.08. The van der Waals surface area contributed by atoms with Crippen molar-refractivity contribution in [3.8, 4) is 11.5 Å². The molecular weight excluding hydrogens is 324 g/mol. The number of nitrogens with one attached hydrogen (secondary N) is 1. The monoisotopic (exact) mass is 342 g/mol. The zero-order valence-corrected chi connectivity index (χ0v) is 13.9. The Bertz CT molecular complexity index is 739. The number of carbonyl (C=O) groups excluding carboxylic acids is 2. The molecule has 2 aromatic rings. The van der Waals surface area contributed by atoms with Crippen LogP contribution in [-0.4, -0.2) is 32.0 Å². The summed E-state index contributed by atoms with van der Waals surface area (Å²) in [5.74, 6) is 0.598. The number of hydrazone groups is 1. The summed E-state index contributed by atoms with van der Waals surface area (Å²) in [6.45, 7) is 1.98. The predicted octanol–water partition coefficient (Wildman–Crippen LogP) is 2.99. The SMILES string of the molecule is CCOC(=O)NN=Cc1ccc(OC(=O)c2ccc(OC)cc2)cc1. The molecule has 2 aromatic carbocycles. The minimum absolute atomic E-state index is 0.273. The number of carbonyl (C=O) groups is 2. The molecule has 0 fully saturated rings. The first kappa shape index (κ1) is 18.0. The standard InChI is InChI=1S/C18H18N2O5/c1-3-24-18(22)20-19-12-13-4-8-16(9-5-13)25-17(21)14-6-10-15(23-2)11-7-14/h4-12H,3H2,1-2H3,(H,20,22). The van der Waals surface area contributed by atoms with E-state index in [0.717, 1.165) is 5.56 Å². The zero-order valence-electron chi connectivity index (χ0n) is 13.9. The van der Waals surface area contributed by atoms with Gasteiger partial charge in [0.25, 0.3) is 0 Å². The lowest BCUT2D eigenvalue weighted by atomic mass is 10.2. The van der Waals surface area contributed by atoms with Gasteiger partial charge in [-0.05, 0) is 61.0 Å². The van der Waals surface area contributed by atoms with Gasteiger partial charge in [-0.2, -0.15) is 5.10 Å². The van der Waals surface area contributed by atoms with E-state index in [1.807, 2.05) is 0 Å². The first-order valence-corrected chi connectivity index (χ1v) is 7.54. The molecule has 0 aliphatic carbocycles. The molecule has 25 heavy (non-hydrogen) atoms. The smallest absolute Gasteiger partial charge is 0.427 e. The minimum atomic E-state index is -0.621. The maximum atomic E-state index is 12.1. The van der Waals surface area contributed by atoms with Crippen molar-refractivity contribution in [2.75, 3.05) is 13.7 Å². The van der Waals surface area contributed by atoms with E-state index >= 15 is 0 Å². The molecule has 1 N–H and O–H groups in total. The van der Waals surface area contributed by atoms with Gasteiger partial charge < -0.3 is 14.2 Å². The van der Waals surface area contributed by atoms with Gasteiger partial charge in [0.2, 0.25) is 0 Å². The third kappa shape index (κ3) is 5.65. The van der Waals surface area contributed by atoms with Gasteiger partial charge in [-0.1, -0.05) is 0 Å². The van der Waals surface area contributed by atoms with E-state index in [4.69, 9.17) is 9.47 Å². The second kappa shape index (κ2) is 9.07. The minimum Gasteiger partial charge on any atom is -0.497 e. The van der Waals surface area contributed by atoms with E-state index in [1.54, 1.807) is 62.6 Å². The Labute approximate surface area is 145 Å². The van der Waals surface area contributed by atoms with E-state index in [1.165, 1.54) is 6.21 Å². The summed E-state index contributed by atoms with van der Waals surface area (Å²) >= 11 is 0. The molecule has 0 saturated heterocycles. The third-order valence-electron chi connectivity index (χ3n) is 3.06. The average Bonchev–Trinajstić information content (AvgIpc) is 2.63. The van der Waals surface area contributed by atoms with Crippen LogP contribution in [0.3, 0.4) is 0 Å². The van der Waals surface area contributed by atoms with Gasteiger partial charge in [-0.3, -0.25) is 0 Å². The number of methoxy groups -OCH3 is 1. The fraction of sp³-hybridized carbons (Fsp3) is 0.167. The number of benzene rings is 2. The van der Waals surface area contributed by atoms with Crippen LogP contribution in [-0.2, 0) is 4.74 Å². The van der Waals surface area contributed by atoms with E-state index in [0.29, 0.717) is 17.1 Å². The van der Waals surface area contributed by atoms with Gasteiger partial charge in [0.05, 0.1) is 25.5 Å². The number of amides is 1. The Morgan fingerprint density at radius 2 is 1.68 bits per heavy atom. The Morgan fingerprint density at radius 3 is 2.28 bits per heavy atom. The van der Waals surface area contributed by atoms with Crippen molar-refractivity contribution in [2.24, 2.45) is 5.10 Å². The van der Waals surface area contributed by atoms with Crippen molar-refractivity contribution in [3.05, 3.63) is 59.7 Å². The highest BCUT2D eigenvalue weighted by Crippen LogP contribution is 2.16. The van der Waals surface area contributed by atoms with Crippen molar-refractivity contribution < 1.29 is 23.8 Å². The van der Waals surface area contributed by atoms with Crippen molar-refractivity contribution in [3.63, 3.8) is 0 Å². The second-order valence-electron chi connectivity index (χ2n) is 4.78. The van der Waals surface area contributed by atoms with Crippen molar-refractivity contribution in [1.82, 2.24) is 5.43 Å². The summed E-state index contributed by atoms with van der Waals surface area (Å²) in [5, 5.41) is 3.75. The molecule has 0 atom stereocenters. The van der Waals surface area contributed by atoms with Gasteiger partial charge in [0.15, 0.2) is 0 Å². The first-order valence-electron chi connectivity index (χ1n) is 7.54. The molecule has 0 radical (unpaired) electrons. The quantitative estimate of drug-likeness (QED) is 0.377. The molecule has 7 nitrogen and oxygen atoms in total. The number of hydrogen-bond donors (Lipinski definition) is 1. The summed E-state index contributed by atoms with van der Waals surface area (Å²) in [5.41, 5.74) is 3.37. The van der Waals surface area contributed by atoms with Gasteiger partial charge >= 0.3 is 12.1 Å². The number of nitrogens with zero attached hydrogens (tertiary/aromatic N) is 1. The topological polar surface area (TPSA) is 86.2 Å². The van der Waals surface area contributed by atoms with E-state index < -0.39 is 12.1 Å². The molecule has 2 rings (SSSR count). The molecule has 130 valence electrons. The van der Waals surface area contributed by atoms with Crippen LogP contribution in [0.2, 0.25) is 0 Å². The molecule has 0 unspecified atom stereocenters. The van der Waals surface area contributed by atoms with Crippen LogP contribution < -0.4 is 14.9 Å². The normalized spacial score (nSPS) is 10.3. The van der Waals surface area contributed by atoms with Crippen molar-refractivity contribution in [2.45, 2.75) is 6.92 Å².